The van der Waals surface area contributed by atoms with Crippen LogP contribution in [0.1, 0.15) is 21.6 Å². The number of pyridine rings is 1. The van der Waals surface area contributed by atoms with Crippen LogP contribution in [0.15, 0.2) is 53.5 Å². The first-order chi connectivity index (χ1) is 11.2. The second-order valence-corrected chi connectivity index (χ2v) is 5.69. The van der Waals surface area contributed by atoms with E-state index in [1.807, 2.05) is 30.5 Å². The molecule has 23 heavy (non-hydrogen) atoms. The number of aromatic nitrogens is 2. The van der Waals surface area contributed by atoms with Gasteiger partial charge in [-0.1, -0.05) is 6.07 Å². The van der Waals surface area contributed by atoms with E-state index in [0.29, 0.717) is 23.7 Å². The zero-order valence-corrected chi connectivity index (χ0v) is 13.3. The molecule has 0 saturated heterocycles. The molecule has 3 rings (SSSR count). The van der Waals surface area contributed by atoms with Crippen LogP contribution in [-0.4, -0.2) is 15.9 Å². The molecule has 3 aromatic rings. The first kappa shape index (κ1) is 15.2. The minimum absolute atomic E-state index is 0.220. The number of nitrogens with zero attached hydrogens (tertiary/aromatic N) is 2. The summed E-state index contributed by atoms with van der Waals surface area (Å²) in [6, 6.07) is 10.7. The van der Waals surface area contributed by atoms with Crippen LogP contribution >= 0.6 is 11.3 Å². The molecule has 0 atom stereocenters. The van der Waals surface area contributed by atoms with Gasteiger partial charge in [-0.25, -0.2) is 9.97 Å². The molecule has 1 amide bonds. The van der Waals surface area contributed by atoms with Crippen molar-refractivity contribution in [1.82, 2.24) is 9.97 Å². The maximum atomic E-state index is 12.3. The van der Waals surface area contributed by atoms with Gasteiger partial charge in [0.1, 0.15) is 18.2 Å². The molecular formula is C17H15N3O2S. The van der Waals surface area contributed by atoms with Crippen LogP contribution < -0.4 is 10.1 Å². The minimum atomic E-state index is -0.220. The number of ether oxygens (including phenoxy) is 1. The van der Waals surface area contributed by atoms with Crippen molar-refractivity contribution in [2.45, 2.75) is 13.5 Å². The van der Waals surface area contributed by atoms with Gasteiger partial charge in [0.25, 0.3) is 5.91 Å². The molecule has 5 nitrogen and oxygen atoms in total. The number of aryl methyl sites for hydroxylation is 1. The predicted octanol–water partition coefficient (Wildman–Crippen LogP) is 3.68. The van der Waals surface area contributed by atoms with Gasteiger partial charge in [0.2, 0.25) is 0 Å². The standard InChI is InChI=1S/C17H15N3O2S/c1-12-5-6-18-16(7-12)20-17(21)13-3-2-4-15(8-13)22-9-14-10-23-11-19-14/h2-8,10-11H,9H2,1H3,(H,18,20,21). The van der Waals surface area contributed by atoms with Crippen LogP contribution in [0.2, 0.25) is 0 Å². The van der Waals surface area contributed by atoms with Gasteiger partial charge in [-0.05, 0) is 42.8 Å². The number of amides is 1. The summed E-state index contributed by atoms with van der Waals surface area (Å²) in [6.07, 6.45) is 1.67. The van der Waals surface area contributed by atoms with E-state index in [4.69, 9.17) is 4.74 Å². The number of anilines is 1. The molecule has 0 spiro atoms. The van der Waals surface area contributed by atoms with Crippen LogP contribution in [0.5, 0.6) is 5.75 Å². The summed E-state index contributed by atoms with van der Waals surface area (Å²) in [5, 5.41) is 4.71. The van der Waals surface area contributed by atoms with Gasteiger partial charge in [0.05, 0.1) is 11.2 Å². The Kier molecular flexibility index (Phi) is 4.63. The summed E-state index contributed by atoms with van der Waals surface area (Å²) in [6.45, 7) is 2.33. The van der Waals surface area contributed by atoms with Crippen molar-refractivity contribution in [3.8, 4) is 5.75 Å². The zero-order valence-electron chi connectivity index (χ0n) is 12.5. The van der Waals surface area contributed by atoms with Crippen molar-refractivity contribution in [1.29, 1.82) is 0 Å². The predicted molar refractivity (Wildman–Crippen MR) is 89.8 cm³/mol. The van der Waals surface area contributed by atoms with E-state index < -0.39 is 0 Å². The highest BCUT2D eigenvalue weighted by Crippen LogP contribution is 2.16. The Hall–Kier alpha value is -2.73. The van der Waals surface area contributed by atoms with E-state index in [1.165, 1.54) is 11.3 Å². The van der Waals surface area contributed by atoms with Crippen molar-refractivity contribution >= 4 is 23.1 Å². The maximum absolute atomic E-state index is 12.3. The number of carbonyl (C=O) groups excluding carboxylic acids is 1. The van der Waals surface area contributed by atoms with Crippen LogP contribution in [0.4, 0.5) is 5.82 Å². The monoisotopic (exact) mass is 325 g/mol. The fraction of sp³-hybridized carbons (Fsp3) is 0.118. The zero-order chi connectivity index (χ0) is 16.1. The van der Waals surface area contributed by atoms with E-state index in [-0.39, 0.29) is 5.91 Å². The number of carbonyl (C=O) groups is 1. The van der Waals surface area contributed by atoms with Crippen molar-refractivity contribution in [2.75, 3.05) is 5.32 Å². The van der Waals surface area contributed by atoms with Gasteiger partial charge in [-0.3, -0.25) is 4.79 Å². The third-order valence-electron chi connectivity index (χ3n) is 3.12. The van der Waals surface area contributed by atoms with Gasteiger partial charge in [-0.15, -0.1) is 11.3 Å². The number of hydrogen-bond donors (Lipinski definition) is 1. The largest absolute Gasteiger partial charge is 0.487 e. The van der Waals surface area contributed by atoms with Gasteiger partial charge in [-0.2, -0.15) is 0 Å². The average Bonchev–Trinajstić information content (AvgIpc) is 3.07. The third kappa shape index (κ3) is 4.14. The van der Waals surface area contributed by atoms with Crippen molar-refractivity contribution in [2.24, 2.45) is 0 Å². The van der Waals surface area contributed by atoms with E-state index in [1.54, 1.807) is 29.9 Å². The summed E-state index contributed by atoms with van der Waals surface area (Å²) in [4.78, 5) is 20.6. The molecule has 2 aromatic heterocycles. The lowest BCUT2D eigenvalue weighted by atomic mass is 10.2. The lowest BCUT2D eigenvalue weighted by molar-refractivity contribution is 0.102. The molecule has 0 saturated carbocycles. The average molecular weight is 325 g/mol. The normalized spacial score (nSPS) is 10.3. The fourth-order valence-corrected chi connectivity index (χ4v) is 2.53. The van der Waals surface area contributed by atoms with Crippen LogP contribution in [0.25, 0.3) is 0 Å². The summed E-state index contributed by atoms with van der Waals surface area (Å²) in [7, 11) is 0. The molecule has 0 aliphatic heterocycles. The fourth-order valence-electron chi connectivity index (χ4n) is 1.99. The molecule has 0 fully saturated rings. The van der Waals surface area contributed by atoms with E-state index in [0.717, 1.165) is 11.3 Å². The first-order valence-electron chi connectivity index (χ1n) is 7.04. The highest BCUT2D eigenvalue weighted by atomic mass is 32.1. The second-order valence-electron chi connectivity index (χ2n) is 4.97. The smallest absolute Gasteiger partial charge is 0.256 e. The van der Waals surface area contributed by atoms with Gasteiger partial charge < -0.3 is 10.1 Å². The van der Waals surface area contributed by atoms with Crippen LogP contribution in [0, 0.1) is 6.92 Å². The second kappa shape index (κ2) is 7.02. The number of benzene rings is 1. The van der Waals surface area contributed by atoms with Crippen molar-refractivity contribution in [3.63, 3.8) is 0 Å². The van der Waals surface area contributed by atoms with E-state index >= 15 is 0 Å². The Balaban J connectivity index is 1.67. The molecule has 116 valence electrons. The molecular weight excluding hydrogens is 310 g/mol. The first-order valence-corrected chi connectivity index (χ1v) is 7.99. The molecule has 1 N–H and O–H groups in total. The Morgan fingerprint density at radius 2 is 2.17 bits per heavy atom. The number of thiazole rings is 1. The lowest BCUT2D eigenvalue weighted by Crippen LogP contribution is -2.13. The number of rotatable bonds is 5. The van der Waals surface area contributed by atoms with Crippen LogP contribution in [0.3, 0.4) is 0 Å². The lowest BCUT2D eigenvalue weighted by Gasteiger charge is -2.08. The summed E-state index contributed by atoms with van der Waals surface area (Å²) in [5.41, 5.74) is 4.19. The SMILES string of the molecule is Cc1ccnc(NC(=O)c2cccc(OCc3cscn3)c2)c1. The Morgan fingerprint density at radius 3 is 2.96 bits per heavy atom. The molecule has 1 aromatic carbocycles. The quantitative estimate of drug-likeness (QED) is 0.777. The Bertz CT molecular complexity index is 803. The Labute approximate surface area is 138 Å². The molecule has 2 heterocycles. The molecule has 0 radical (unpaired) electrons. The maximum Gasteiger partial charge on any atom is 0.256 e. The third-order valence-corrected chi connectivity index (χ3v) is 3.76. The van der Waals surface area contributed by atoms with E-state index in [2.05, 4.69) is 15.3 Å². The Morgan fingerprint density at radius 1 is 1.26 bits per heavy atom. The van der Waals surface area contributed by atoms with Gasteiger partial charge in [0.15, 0.2) is 0 Å². The van der Waals surface area contributed by atoms with Crippen molar-refractivity contribution in [3.05, 3.63) is 70.3 Å². The summed E-state index contributed by atoms with van der Waals surface area (Å²) in [5.74, 6) is 0.939. The van der Waals surface area contributed by atoms with Gasteiger partial charge >= 0.3 is 0 Å². The van der Waals surface area contributed by atoms with Crippen molar-refractivity contribution < 1.29 is 9.53 Å². The molecule has 0 aliphatic carbocycles. The summed E-state index contributed by atoms with van der Waals surface area (Å²) < 4.78 is 5.66. The molecule has 6 heteroatoms. The number of hydrogen-bond acceptors (Lipinski definition) is 5. The van der Waals surface area contributed by atoms with Gasteiger partial charge in [0, 0.05) is 17.1 Å². The van der Waals surface area contributed by atoms with E-state index in [9.17, 15) is 4.79 Å². The summed E-state index contributed by atoms with van der Waals surface area (Å²) >= 11 is 1.52. The molecule has 0 bridgehead atoms. The highest BCUT2D eigenvalue weighted by Gasteiger charge is 2.08. The number of nitrogens with one attached hydrogen (secondary N) is 1. The highest BCUT2D eigenvalue weighted by molar-refractivity contribution is 7.07. The van der Waals surface area contributed by atoms with Crippen LogP contribution in [-0.2, 0) is 6.61 Å². The minimum Gasteiger partial charge on any atom is -0.487 e. The molecule has 0 unspecified atom stereocenters. The topological polar surface area (TPSA) is 64.1 Å². The molecule has 0 aliphatic rings.